The van der Waals surface area contributed by atoms with Crippen LogP contribution in [-0.2, 0) is 43.3 Å². The minimum atomic E-state index is -3.60. The van der Waals surface area contributed by atoms with E-state index in [4.69, 9.17) is 4.74 Å². The van der Waals surface area contributed by atoms with Crippen molar-refractivity contribution in [3.8, 4) is 0 Å². The Morgan fingerprint density at radius 3 is 2.37 bits per heavy atom. The zero-order valence-corrected chi connectivity index (χ0v) is 17.3. The summed E-state index contributed by atoms with van der Waals surface area (Å²) in [5, 5.41) is 3.47. The second-order valence-electron chi connectivity index (χ2n) is 6.23. The Balaban J connectivity index is 2.14. The summed E-state index contributed by atoms with van der Waals surface area (Å²) in [6, 6.07) is 0. The van der Waals surface area contributed by atoms with Gasteiger partial charge in [-0.25, -0.2) is 13.2 Å². The second kappa shape index (κ2) is 11.9. The lowest BCUT2D eigenvalue weighted by molar-refractivity contribution is -0.191. The number of hydrogen-bond donors (Lipinski definition) is 1. The summed E-state index contributed by atoms with van der Waals surface area (Å²) in [6.07, 6.45) is -1.25. The fourth-order valence-corrected chi connectivity index (χ4v) is 2.83. The molecule has 0 spiro atoms. The molecule has 1 N–H and O–H groups in total. The van der Waals surface area contributed by atoms with E-state index < -0.39 is 51.7 Å². The number of nitrogens with zero attached hydrogens (tertiary/aromatic N) is 1. The molecule has 0 aliphatic carbocycles. The van der Waals surface area contributed by atoms with E-state index in [1.807, 2.05) is 0 Å². The number of carbonyl (C=O) groups excluding carboxylic acids is 5. The predicted octanol–water partition coefficient (Wildman–Crippen LogP) is 0.328. The van der Waals surface area contributed by atoms with Crippen LogP contribution in [0.4, 0.5) is 4.79 Å². The molecule has 1 atom stereocenters. The molecular weight excluding hydrogens is 424 g/mol. The standard InChI is InChI=1S/C17H24N2O10S/c1-3-30(25,26)11-13(20)18-10-6-4-5-7-16(23)27-12(2)28-17(24)29-19-14(21)8-9-15(19)22/h3,12H,1,4-11H2,2H3,(H,18,20). The summed E-state index contributed by atoms with van der Waals surface area (Å²) in [5.41, 5.74) is 0. The molecule has 30 heavy (non-hydrogen) atoms. The summed E-state index contributed by atoms with van der Waals surface area (Å²) >= 11 is 0. The Bertz CT molecular complexity index is 776. The molecule has 1 unspecified atom stereocenters. The zero-order valence-electron chi connectivity index (χ0n) is 16.5. The number of carbonyl (C=O) groups is 5. The highest BCUT2D eigenvalue weighted by Gasteiger charge is 2.34. The Labute approximate surface area is 173 Å². The highest BCUT2D eigenvalue weighted by Crippen LogP contribution is 2.13. The molecule has 0 aromatic heterocycles. The van der Waals surface area contributed by atoms with Crippen molar-refractivity contribution < 1.29 is 46.7 Å². The molecule has 12 nitrogen and oxygen atoms in total. The number of nitrogens with one attached hydrogen (secondary N) is 1. The second-order valence-corrected chi connectivity index (χ2v) is 8.18. The Morgan fingerprint density at radius 2 is 1.77 bits per heavy atom. The minimum absolute atomic E-state index is 0.0185. The summed E-state index contributed by atoms with van der Waals surface area (Å²) in [7, 11) is -3.60. The van der Waals surface area contributed by atoms with Crippen molar-refractivity contribution in [1.29, 1.82) is 0 Å². The van der Waals surface area contributed by atoms with Crippen LogP contribution in [0.15, 0.2) is 12.0 Å². The SMILES string of the molecule is C=CS(=O)(=O)CC(=O)NCCCCCC(=O)OC(C)OC(=O)ON1C(=O)CCC1=O. The average Bonchev–Trinajstić information content (AvgIpc) is 2.95. The van der Waals surface area contributed by atoms with Crippen molar-refractivity contribution in [2.24, 2.45) is 0 Å². The van der Waals surface area contributed by atoms with Gasteiger partial charge in [-0.05, 0) is 12.8 Å². The monoisotopic (exact) mass is 448 g/mol. The van der Waals surface area contributed by atoms with Crippen LogP contribution in [0.1, 0.15) is 45.4 Å². The quantitative estimate of drug-likeness (QED) is 0.190. The third-order valence-electron chi connectivity index (χ3n) is 3.70. The van der Waals surface area contributed by atoms with Gasteiger partial charge in [0.1, 0.15) is 5.75 Å². The fourth-order valence-electron chi connectivity index (χ4n) is 2.25. The van der Waals surface area contributed by atoms with E-state index in [1.165, 1.54) is 6.92 Å². The van der Waals surface area contributed by atoms with Gasteiger partial charge in [-0.3, -0.25) is 24.0 Å². The molecule has 1 rings (SSSR count). The molecule has 1 saturated heterocycles. The number of esters is 1. The maximum atomic E-state index is 11.7. The molecular formula is C17H24N2O10S. The van der Waals surface area contributed by atoms with Crippen LogP contribution in [0.3, 0.4) is 0 Å². The number of amides is 3. The first-order chi connectivity index (χ1) is 14.0. The Kier molecular flexibility index (Phi) is 9.95. The predicted molar refractivity (Wildman–Crippen MR) is 99.7 cm³/mol. The van der Waals surface area contributed by atoms with E-state index in [0.29, 0.717) is 29.7 Å². The Hall–Kier alpha value is -2.96. The topological polar surface area (TPSA) is 162 Å². The molecule has 3 amide bonds. The van der Waals surface area contributed by atoms with Crippen molar-refractivity contribution in [1.82, 2.24) is 10.4 Å². The Morgan fingerprint density at radius 1 is 1.13 bits per heavy atom. The van der Waals surface area contributed by atoms with Crippen LogP contribution in [0.5, 0.6) is 0 Å². The van der Waals surface area contributed by atoms with Crippen LogP contribution in [0.2, 0.25) is 0 Å². The molecule has 0 aromatic carbocycles. The lowest BCUT2D eigenvalue weighted by Crippen LogP contribution is -2.34. The number of imide groups is 1. The van der Waals surface area contributed by atoms with Gasteiger partial charge in [-0.15, -0.1) is 0 Å². The summed E-state index contributed by atoms with van der Waals surface area (Å²) in [4.78, 5) is 61.7. The van der Waals surface area contributed by atoms with Crippen LogP contribution in [-0.4, -0.2) is 61.9 Å². The van der Waals surface area contributed by atoms with E-state index in [2.05, 4.69) is 21.5 Å². The van der Waals surface area contributed by atoms with Gasteiger partial charge in [0.25, 0.3) is 11.8 Å². The normalized spacial score (nSPS) is 14.8. The van der Waals surface area contributed by atoms with Gasteiger partial charge in [-0.2, -0.15) is 0 Å². The lowest BCUT2D eigenvalue weighted by Gasteiger charge is -2.16. The number of rotatable bonds is 12. The van der Waals surface area contributed by atoms with Gasteiger partial charge >= 0.3 is 12.1 Å². The van der Waals surface area contributed by atoms with Crippen LogP contribution in [0.25, 0.3) is 0 Å². The zero-order chi connectivity index (χ0) is 22.7. The number of unbranched alkanes of at least 4 members (excludes halogenated alkanes) is 2. The highest BCUT2D eigenvalue weighted by molar-refractivity contribution is 7.94. The molecule has 0 bridgehead atoms. The molecule has 0 radical (unpaired) electrons. The molecule has 1 heterocycles. The van der Waals surface area contributed by atoms with E-state index >= 15 is 0 Å². The molecule has 1 aliphatic heterocycles. The van der Waals surface area contributed by atoms with Crippen LogP contribution >= 0.6 is 0 Å². The molecule has 0 saturated carbocycles. The maximum absolute atomic E-state index is 11.7. The minimum Gasteiger partial charge on any atom is -0.425 e. The molecule has 168 valence electrons. The largest absolute Gasteiger partial charge is 0.537 e. The summed E-state index contributed by atoms with van der Waals surface area (Å²) in [6.45, 7) is 4.63. The first kappa shape index (κ1) is 25.1. The first-order valence-electron chi connectivity index (χ1n) is 9.10. The van der Waals surface area contributed by atoms with Crippen molar-refractivity contribution in [2.45, 2.75) is 51.7 Å². The van der Waals surface area contributed by atoms with E-state index in [9.17, 15) is 32.4 Å². The third kappa shape index (κ3) is 9.49. The van der Waals surface area contributed by atoms with Gasteiger partial charge in [0.15, 0.2) is 9.84 Å². The van der Waals surface area contributed by atoms with Gasteiger partial charge in [0.05, 0.1) is 0 Å². The fraction of sp³-hybridized carbons (Fsp3) is 0.588. The molecule has 1 aliphatic rings. The van der Waals surface area contributed by atoms with E-state index in [-0.39, 0.29) is 25.8 Å². The number of hydrogen-bond acceptors (Lipinski definition) is 10. The summed E-state index contributed by atoms with van der Waals surface area (Å²) < 4.78 is 31.9. The number of hydroxylamine groups is 2. The van der Waals surface area contributed by atoms with Crippen molar-refractivity contribution in [2.75, 3.05) is 12.3 Å². The number of sulfone groups is 1. The molecule has 0 aromatic rings. The van der Waals surface area contributed by atoms with Crippen molar-refractivity contribution >= 4 is 39.7 Å². The third-order valence-corrected chi connectivity index (χ3v) is 4.87. The first-order valence-corrected chi connectivity index (χ1v) is 10.8. The highest BCUT2D eigenvalue weighted by atomic mass is 32.2. The van der Waals surface area contributed by atoms with E-state index in [1.54, 1.807) is 0 Å². The lowest BCUT2D eigenvalue weighted by atomic mass is 10.2. The van der Waals surface area contributed by atoms with E-state index in [0.717, 1.165) is 0 Å². The molecule has 1 fully saturated rings. The number of ether oxygens (including phenoxy) is 2. The van der Waals surface area contributed by atoms with Crippen LogP contribution < -0.4 is 5.32 Å². The van der Waals surface area contributed by atoms with Crippen molar-refractivity contribution in [3.63, 3.8) is 0 Å². The van der Waals surface area contributed by atoms with Gasteiger partial charge < -0.3 is 14.8 Å². The van der Waals surface area contributed by atoms with Crippen molar-refractivity contribution in [3.05, 3.63) is 12.0 Å². The summed E-state index contributed by atoms with van der Waals surface area (Å²) in [5.74, 6) is -3.28. The van der Waals surface area contributed by atoms with Gasteiger partial charge in [0, 0.05) is 38.1 Å². The average molecular weight is 448 g/mol. The van der Waals surface area contributed by atoms with Gasteiger partial charge in [0.2, 0.25) is 12.2 Å². The van der Waals surface area contributed by atoms with Crippen LogP contribution in [0, 0.1) is 0 Å². The maximum Gasteiger partial charge on any atom is 0.537 e. The van der Waals surface area contributed by atoms with Gasteiger partial charge in [-0.1, -0.05) is 18.1 Å². The smallest absolute Gasteiger partial charge is 0.425 e. The molecule has 13 heteroatoms.